The van der Waals surface area contributed by atoms with Gasteiger partial charge in [0, 0.05) is 32.9 Å². The number of carboxylic acids is 1. The maximum absolute atomic E-state index is 12.5. The Hall–Kier alpha value is -1.38. The van der Waals surface area contributed by atoms with Crippen molar-refractivity contribution in [1.29, 1.82) is 0 Å². The molecule has 1 atom stereocenters. The van der Waals surface area contributed by atoms with E-state index in [-0.39, 0.29) is 16.7 Å². The number of sulfonamides is 1. The van der Waals surface area contributed by atoms with Crippen molar-refractivity contribution in [3.63, 3.8) is 0 Å². The molecular formula is C12H18N2O5S. The number of ether oxygens (including phenoxy) is 1. The van der Waals surface area contributed by atoms with Gasteiger partial charge in [-0.05, 0) is 19.4 Å². The van der Waals surface area contributed by atoms with Crippen LogP contribution in [-0.2, 0) is 21.3 Å². The van der Waals surface area contributed by atoms with E-state index in [1.165, 1.54) is 21.1 Å². The van der Waals surface area contributed by atoms with E-state index in [9.17, 15) is 13.2 Å². The number of hydrogen-bond donors (Lipinski definition) is 1. The van der Waals surface area contributed by atoms with Gasteiger partial charge >= 0.3 is 5.97 Å². The molecule has 1 aliphatic rings. The van der Waals surface area contributed by atoms with Crippen molar-refractivity contribution in [2.75, 3.05) is 20.2 Å². The lowest BCUT2D eigenvalue weighted by atomic mass is 10.3. The van der Waals surface area contributed by atoms with Gasteiger partial charge < -0.3 is 14.4 Å². The fourth-order valence-electron chi connectivity index (χ4n) is 2.32. The highest BCUT2D eigenvalue weighted by molar-refractivity contribution is 7.89. The van der Waals surface area contributed by atoms with Gasteiger partial charge in [0.05, 0.1) is 6.10 Å². The molecular weight excluding hydrogens is 284 g/mol. The first-order valence-corrected chi connectivity index (χ1v) is 7.80. The van der Waals surface area contributed by atoms with Crippen LogP contribution in [0.3, 0.4) is 0 Å². The molecule has 0 amide bonds. The van der Waals surface area contributed by atoms with Gasteiger partial charge in [0.2, 0.25) is 10.0 Å². The molecule has 0 bridgehead atoms. The van der Waals surface area contributed by atoms with Crippen LogP contribution in [0, 0.1) is 0 Å². The molecule has 0 aromatic carbocycles. The van der Waals surface area contributed by atoms with Crippen molar-refractivity contribution in [3.8, 4) is 0 Å². The number of nitrogens with zero attached hydrogens (tertiary/aromatic N) is 2. The Morgan fingerprint density at radius 1 is 1.55 bits per heavy atom. The summed E-state index contributed by atoms with van der Waals surface area (Å²) < 4.78 is 32.8. The van der Waals surface area contributed by atoms with E-state index >= 15 is 0 Å². The fraction of sp³-hybridized carbons (Fsp3) is 0.583. The standard InChI is InChI=1S/C12H18N2O5S/c1-3-13-8-10(6-11(13)12(15)16)20(17,18)14-5-4-9(7-14)19-2/h6,8-9H,3-5,7H2,1-2H3,(H,15,16). The minimum Gasteiger partial charge on any atom is -0.477 e. The van der Waals surface area contributed by atoms with Gasteiger partial charge in [0.1, 0.15) is 10.6 Å². The quantitative estimate of drug-likeness (QED) is 0.861. The molecule has 0 aliphatic carbocycles. The number of methoxy groups -OCH3 is 1. The molecule has 7 nitrogen and oxygen atoms in total. The first kappa shape index (κ1) is 15.0. The molecule has 20 heavy (non-hydrogen) atoms. The lowest BCUT2D eigenvalue weighted by Crippen LogP contribution is -2.29. The number of carboxylic acid groups (broad SMARTS) is 1. The highest BCUT2D eigenvalue weighted by Gasteiger charge is 2.34. The summed E-state index contributed by atoms with van der Waals surface area (Å²) >= 11 is 0. The van der Waals surface area contributed by atoms with Gasteiger partial charge in [-0.2, -0.15) is 4.31 Å². The molecule has 1 N–H and O–H groups in total. The Morgan fingerprint density at radius 3 is 2.70 bits per heavy atom. The highest BCUT2D eigenvalue weighted by atomic mass is 32.2. The molecule has 1 aromatic rings. The zero-order valence-electron chi connectivity index (χ0n) is 11.4. The number of aryl methyl sites for hydroxylation is 1. The molecule has 1 fully saturated rings. The fourth-order valence-corrected chi connectivity index (χ4v) is 3.85. The van der Waals surface area contributed by atoms with Crippen LogP contribution in [0.5, 0.6) is 0 Å². The molecule has 0 spiro atoms. The van der Waals surface area contributed by atoms with Gasteiger partial charge in [-0.1, -0.05) is 0 Å². The summed E-state index contributed by atoms with van der Waals surface area (Å²) in [7, 11) is -2.11. The van der Waals surface area contributed by atoms with Crippen LogP contribution in [-0.4, -0.2) is 54.7 Å². The zero-order valence-corrected chi connectivity index (χ0v) is 12.3. The third kappa shape index (κ3) is 2.58. The maximum Gasteiger partial charge on any atom is 0.352 e. The first-order chi connectivity index (χ1) is 9.40. The number of rotatable bonds is 5. The monoisotopic (exact) mass is 302 g/mol. The Balaban J connectivity index is 2.33. The van der Waals surface area contributed by atoms with Crippen molar-refractivity contribution in [2.45, 2.75) is 30.9 Å². The van der Waals surface area contributed by atoms with Crippen molar-refractivity contribution >= 4 is 16.0 Å². The largest absolute Gasteiger partial charge is 0.477 e. The molecule has 2 heterocycles. The summed E-state index contributed by atoms with van der Waals surface area (Å²) in [4.78, 5) is 11.1. The van der Waals surface area contributed by atoms with Gasteiger partial charge in [-0.25, -0.2) is 13.2 Å². The highest BCUT2D eigenvalue weighted by Crippen LogP contribution is 2.24. The number of aromatic carboxylic acids is 1. The van der Waals surface area contributed by atoms with Crippen LogP contribution >= 0.6 is 0 Å². The second kappa shape index (κ2) is 5.55. The van der Waals surface area contributed by atoms with E-state index in [1.807, 2.05) is 0 Å². The Morgan fingerprint density at radius 2 is 2.25 bits per heavy atom. The van der Waals surface area contributed by atoms with Crippen LogP contribution in [0.1, 0.15) is 23.8 Å². The van der Waals surface area contributed by atoms with Gasteiger partial charge in [0.25, 0.3) is 0 Å². The second-order valence-corrected chi connectivity index (χ2v) is 6.60. The molecule has 8 heteroatoms. The average Bonchev–Trinajstić information content (AvgIpc) is 3.05. The molecule has 0 radical (unpaired) electrons. The summed E-state index contributed by atoms with van der Waals surface area (Å²) in [5.74, 6) is -1.13. The number of carbonyl (C=O) groups is 1. The predicted molar refractivity (Wildman–Crippen MR) is 71.2 cm³/mol. The molecule has 2 rings (SSSR count). The molecule has 1 unspecified atom stereocenters. The smallest absolute Gasteiger partial charge is 0.352 e. The van der Waals surface area contributed by atoms with E-state index in [4.69, 9.17) is 9.84 Å². The van der Waals surface area contributed by atoms with Gasteiger partial charge in [-0.15, -0.1) is 0 Å². The third-order valence-electron chi connectivity index (χ3n) is 3.51. The van der Waals surface area contributed by atoms with E-state index < -0.39 is 16.0 Å². The Kier molecular flexibility index (Phi) is 4.17. The summed E-state index contributed by atoms with van der Waals surface area (Å²) in [5, 5.41) is 9.07. The topological polar surface area (TPSA) is 88.8 Å². The summed E-state index contributed by atoms with van der Waals surface area (Å²) in [6, 6.07) is 1.21. The summed E-state index contributed by atoms with van der Waals surface area (Å²) in [6.07, 6.45) is 1.92. The van der Waals surface area contributed by atoms with Crippen molar-refractivity contribution in [3.05, 3.63) is 18.0 Å². The van der Waals surface area contributed by atoms with Crippen LogP contribution in [0.2, 0.25) is 0 Å². The van der Waals surface area contributed by atoms with Crippen LogP contribution in [0.15, 0.2) is 17.2 Å². The van der Waals surface area contributed by atoms with Crippen LogP contribution in [0.4, 0.5) is 0 Å². The Bertz CT molecular complexity index is 607. The van der Waals surface area contributed by atoms with E-state index in [1.54, 1.807) is 14.0 Å². The molecule has 1 saturated heterocycles. The minimum atomic E-state index is -3.66. The van der Waals surface area contributed by atoms with Crippen LogP contribution in [0.25, 0.3) is 0 Å². The lowest BCUT2D eigenvalue weighted by molar-refractivity contribution is 0.0685. The van der Waals surface area contributed by atoms with Crippen molar-refractivity contribution in [1.82, 2.24) is 8.87 Å². The van der Waals surface area contributed by atoms with E-state index in [0.717, 1.165) is 0 Å². The first-order valence-electron chi connectivity index (χ1n) is 6.36. The van der Waals surface area contributed by atoms with Crippen molar-refractivity contribution in [2.24, 2.45) is 0 Å². The number of aromatic nitrogens is 1. The third-order valence-corrected chi connectivity index (χ3v) is 5.34. The molecule has 0 saturated carbocycles. The average molecular weight is 302 g/mol. The second-order valence-electron chi connectivity index (χ2n) is 4.66. The van der Waals surface area contributed by atoms with E-state index in [2.05, 4.69) is 0 Å². The van der Waals surface area contributed by atoms with Gasteiger partial charge in [-0.3, -0.25) is 0 Å². The normalized spacial score (nSPS) is 20.4. The van der Waals surface area contributed by atoms with E-state index in [0.29, 0.717) is 26.1 Å². The zero-order chi connectivity index (χ0) is 14.9. The molecule has 1 aromatic heterocycles. The molecule has 112 valence electrons. The summed E-state index contributed by atoms with van der Waals surface area (Å²) in [6.45, 7) is 2.86. The Labute approximate surface area is 117 Å². The minimum absolute atomic E-state index is 0.0198. The summed E-state index contributed by atoms with van der Waals surface area (Å²) in [5.41, 5.74) is -0.0198. The SMILES string of the molecule is CCn1cc(S(=O)(=O)N2CCC(OC)C2)cc1C(=O)O. The predicted octanol–water partition coefficient (Wildman–Crippen LogP) is 0.616. The molecule has 1 aliphatic heterocycles. The van der Waals surface area contributed by atoms with Crippen LogP contribution < -0.4 is 0 Å². The maximum atomic E-state index is 12.5. The lowest BCUT2D eigenvalue weighted by Gasteiger charge is -2.14. The van der Waals surface area contributed by atoms with Gasteiger partial charge in [0.15, 0.2) is 0 Å². The van der Waals surface area contributed by atoms with Crippen molar-refractivity contribution < 1.29 is 23.1 Å². The number of hydrogen-bond acceptors (Lipinski definition) is 4.